The lowest BCUT2D eigenvalue weighted by Gasteiger charge is -2.11. The highest BCUT2D eigenvalue weighted by Crippen LogP contribution is 2.32. The molecular formula is C11H17NS. The molecule has 1 aliphatic rings. The van der Waals surface area contributed by atoms with Gasteiger partial charge in [-0.15, -0.1) is 11.3 Å². The van der Waals surface area contributed by atoms with Crippen molar-refractivity contribution in [1.82, 2.24) is 5.32 Å². The summed E-state index contributed by atoms with van der Waals surface area (Å²) in [5, 5.41) is 5.71. The average Bonchev–Trinajstić information content (AvgIpc) is 2.80. The first-order chi connectivity index (χ1) is 6.36. The lowest BCUT2D eigenvalue weighted by molar-refractivity contribution is 0.545. The molecule has 0 amide bonds. The van der Waals surface area contributed by atoms with Crippen molar-refractivity contribution in [1.29, 1.82) is 0 Å². The quantitative estimate of drug-likeness (QED) is 0.761. The molecule has 0 aromatic carbocycles. The van der Waals surface area contributed by atoms with Crippen LogP contribution in [0.3, 0.4) is 0 Å². The first-order valence-corrected chi connectivity index (χ1v) is 6.01. The summed E-state index contributed by atoms with van der Waals surface area (Å²) < 4.78 is 0. The minimum absolute atomic E-state index is 0.541. The fourth-order valence-electron chi connectivity index (χ4n) is 1.55. The molecule has 0 radical (unpaired) electrons. The lowest BCUT2D eigenvalue weighted by atomic mass is 10.2. The van der Waals surface area contributed by atoms with Crippen LogP contribution in [0.5, 0.6) is 0 Å². The molecule has 1 saturated carbocycles. The van der Waals surface area contributed by atoms with Crippen LogP contribution in [0.15, 0.2) is 17.5 Å². The van der Waals surface area contributed by atoms with Crippen molar-refractivity contribution in [2.24, 2.45) is 5.92 Å². The molecule has 0 spiro atoms. The smallest absolute Gasteiger partial charge is 0.0386 e. The topological polar surface area (TPSA) is 12.0 Å². The highest BCUT2D eigenvalue weighted by Gasteiger charge is 2.20. The Bertz CT molecular complexity index is 239. The van der Waals surface area contributed by atoms with Crippen molar-refractivity contribution in [3.63, 3.8) is 0 Å². The second-order valence-electron chi connectivity index (χ2n) is 3.92. The molecule has 1 aliphatic carbocycles. The van der Waals surface area contributed by atoms with E-state index in [0.29, 0.717) is 6.04 Å². The van der Waals surface area contributed by atoms with Crippen molar-refractivity contribution < 1.29 is 0 Å². The van der Waals surface area contributed by atoms with Crippen LogP contribution in [0.4, 0.5) is 0 Å². The Morgan fingerprint density at radius 3 is 3.08 bits per heavy atom. The van der Waals surface area contributed by atoms with Gasteiger partial charge in [-0.05, 0) is 37.3 Å². The maximum Gasteiger partial charge on any atom is 0.0386 e. The van der Waals surface area contributed by atoms with Crippen LogP contribution >= 0.6 is 11.3 Å². The van der Waals surface area contributed by atoms with E-state index < -0.39 is 0 Å². The third kappa shape index (κ3) is 2.82. The summed E-state index contributed by atoms with van der Waals surface area (Å²) in [6.45, 7) is 3.43. The first kappa shape index (κ1) is 9.22. The van der Waals surface area contributed by atoms with Crippen LogP contribution in [0, 0.1) is 5.92 Å². The molecule has 0 saturated heterocycles. The molecule has 1 N–H and O–H groups in total. The van der Waals surface area contributed by atoms with E-state index in [1.807, 2.05) is 11.3 Å². The predicted molar refractivity (Wildman–Crippen MR) is 58.1 cm³/mol. The van der Waals surface area contributed by atoms with E-state index in [1.165, 1.54) is 30.7 Å². The monoisotopic (exact) mass is 195 g/mol. The summed E-state index contributed by atoms with van der Waals surface area (Å²) in [6, 6.07) is 4.87. The van der Waals surface area contributed by atoms with Crippen molar-refractivity contribution in [2.45, 2.75) is 32.2 Å². The molecule has 1 aromatic rings. The molecule has 0 aliphatic heterocycles. The zero-order chi connectivity index (χ0) is 9.10. The third-order valence-corrected chi connectivity index (χ3v) is 3.73. The molecule has 2 heteroatoms. The fourth-order valence-corrected chi connectivity index (χ4v) is 2.31. The summed E-state index contributed by atoms with van der Waals surface area (Å²) in [4.78, 5) is 1.45. The molecule has 1 atom stereocenters. The van der Waals surface area contributed by atoms with Gasteiger partial charge in [0, 0.05) is 10.9 Å². The molecule has 1 nitrogen and oxygen atoms in total. The summed E-state index contributed by atoms with van der Waals surface area (Å²) in [5.41, 5.74) is 0. The SMILES string of the molecule is CC(NCCC1CC1)c1cccs1. The number of thiophene rings is 1. The molecule has 1 unspecified atom stereocenters. The van der Waals surface area contributed by atoms with Gasteiger partial charge >= 0.3 is 0 Å². The number of hydrogen-bond acceptors (Lipinski definition) is 2. The van der Waals surface area contributed by atoms with Gasteiger partial charge in [0.05, 0.1) is 0 Å². The van der Waals surface area contributed by atoms with E-state index in [-0.39, 0.29) is 0 Å². The van der Waals surface area contributed by atoms with Crippen LogP contribution in [0.1, 0.15) is 37.1 Å². The zero-order valence-corrected chi connectivity index (χ0v) is 8.94. The highest BCUT2D eigenvalue weighted by molar-refractivity contribution is 7.10. The predicted octanol–water partition coefficient (Wildman–Crippen LogP) is 3.20. The summed E-state index contributed by atoms with van der Waals surface area (Å²) in [7, 11) is 0. The largest absolute Gasteiger partial charge is 0.309 e. The normalized spacial score (nSPS) is 18.8. The molecule has 2 rings (SSSR count). The van der Waals surface area contributed by atoms with E-state index in [9.17, 15) is 0 Å². The van der Waals surface area contributed by atoms with Crippen LogP contribution < -0.4 is 5.32 Å². The Balaban J connectivity index is 1.68. The second kappa shape index (κ2) is 4.25. The molecule has 13 heavy (non-hydrogen) atoms. The maximum atomic E-state index is 3.57. The van der Waals surface area contributed by atoms with Crippen LogP contribution in [0.2, 0.25) is 0 Å². The number of rotatable bonds is 5. The Hall–Kier alpha value is -0.340. The molecule has 1 fully saturated rings. The van der Waals surface area contributed by atoms with E-state index in [2.05, 4.69) is 29.8 Å². The van der Waals surface area contributed by atoms with Crippen molar-refractivity contribution >= 4 is 11.3 Å². The van der Waals surface area contributed by atoms with Gasteiger partial charge < -0.3 is 5.32 Å². The van der Waals surface area contributed by atoms with E-state index in [0.717, 1.165) is 5.92 Å². The first-order valence-electron chi connectivity index (χ1n) is 5.13. The van der Waals surface area contributed by atoms with E-state index in [1.54, 1.807) is 0 Å². The minimum atomic E-state index is 0.541. The van der Waals surface area contributed by atoms with Gasteiger partial charge in [0.25, 0.3) is 0 Å². The second-order valence-corrected chi connectivity index (χ2v) is 4.90. The van der Waals surface area contributed by atoms with Gasteiger partial charge in [-0.1, -0.05) is 18.9 Å². The van der Waals surface area contributed by atoms with E-state index in [4.69, 9.17) is 0 Å². The van der Waals surface area contributed by atoms with Crippen molar-refractivity contribution in [3.05, 3.63) is 22.4 Å². The Morgan fingerprint density at radius 2 is 2.46 bits per heavy atom. The van der Waals surface area contributed by atoms with Gasteiger partial charge in [-0.2, -0.15) is 0 Å². The number of hydrogen-bond donors (Lipinski definition) is 1. The van der Waals surface area contributed by atoms with Crippen LogP contribution in [-0.2, 0) is 0 Å². The number of nitrogens with one attached hydrogen (secondary N) is 1. The zero-order valence-electron chi connectivity index (χ0n) is 8.12. The van der Waals surface area contributed by atoms with Crippen molar-refractivity contribution in [3.8, 4) is 0 Å². The Kier molecular flexibility index (Phi) is 3.01. The molecule has 72 valence electrons. The average molecular weight is 195 g/mol. The third-order valence-electron chi connectivity index (χ3n) is 2.67. The molecule has 0 bridgehead atoms. The molecular weight excluding hydrogens is 178 g/mol. The van der Waals surface area contributed by atoms with Crippen LogP contribution in [-0.4, -0.2) is 6.54 Å². The molecule has 1 heterocycles. The Morgan fingerprint density at radius 1 is 1.62 bits per heavy atom. The van der Waals surface area contributed by atoms with E-state index >= 15 is 0 Å². The molecule has 1 aromatic heterocycles. The van der Waals surface area contributed by atoms with Gasteiger partial charge in [-0.3, -0.25) is 0 Å². The fraction of sp³-hybridized carbons (Fsp3) is 0.636. The van der Waals surface area contributed by atoms with Gasteiger partial charge in [-0.25, -0.2) is 0 Å². The van der Waals surface area contributed by atoms with Crippen LogP contribution in [0.25, 0.3) is 0 Å². The summed E-state index contributed by atoms with van der Waals surface area (Å²) >= 11 is 1.84. The Labute approximate surface area is 84.2 Å². The lowest BCUT2D eigenvalue weighted by Crippen LogP contribution is -2.19. The maximum absolute atomic E-state index is 3.57. The highest BCUT2D eigenvalue weighted by atomic mass is 32.1. The standard InChI is InChI=1S/C11H17NS/c1-9(11-3-2-8-13-11)12-7-6-10-4-5-10/h2-3,8-10,12H,4-7H2,1H3. The van der Waals surface area contributed by atoms with Gasteiger partial charge in [0.1, 0.15) is 0 Å². The van der Waals surface area contributed by atoms with Gasteiger partial charge in [0.15, 0.2) is 0 Å². The van der Waals surface area contributed by atoms with Gasteiger partial charge in [0.2, 0.25) is 0 Å². The van der Waals surface area contributed by atoms with Crippen molar-refractivity contribution in [2.75, 3.05) is 6.54 Å². The summed E-state index contributed by atoms with van der Waals surface area (Å²) in [5.74, 6) is 1.04. The minimum Gasteiger partial charge on any atom is -0.309 e. The summed E-state index contributed by atoms with van der Waals surface area (Å²) in [6.07, 6.45) is 4.31.